The number of nitrogens with one attached hydrogen (secondary N) is 1. The minimum atomic E-state index is -1.15. The Bertz CT molecular complexity index is 574. The third-order valence-corrected chi connectivity index (χ3v) is 2.10. The molecule has 82 valence electrons. The Hall–Kier alpha value is -2.37. The number of ether oxygens (including phenoxy) is 1. The lowest BCUT2D eigenvalue weighted by atomic mass is 10.2. The highest BCUT2D eigenvalue weighted by Crippen LogP contribution is 2.15. The van der Waals surface area contributed by atoms with Gasteiger partial charge in [-0.1, -0.05) is 12.1 Å². The molecular formula is C10H9N3O3. The maximum atomic E-state index is 11.3. The summed E-state index contributed by atoms with van der Waals surface area (Å²) < 4.78 is 4.21. The van der Waals surface area contributed by atoms with Crippen molar-refractivity contribution in [3.8, 4) is 0 Å². The summed E-state index contributed by atoms with van der Waals surface area (Å²) in [4.78, 5) is 28.5. The van der Waals surface area contributed by atoms with Crippen molar-refractivity contribution < 1.29 is 14.3 Å². The number of rotatable bonds is 1. The van der Waals surface area contributed by atoms with E-state index in [9.17, 15) is 9.59 Å². The van der Waals surface area contributed by atoms with Crippen molar-refractivity contribution in [1.29, 1.82) is 0 Å². The van der Waals surface area contributed by atoms with E-state index in [4.69, 9.17) is 5.73 Å². The Kier molecular flexibility index (Phi) is 2.32. The molecule has 0 aliphatic rings. The van der Waals surface area contributed by atoms with Crippen LogP contribution in [0.5, 0.6) is 0 Å². The molecule has 0 fully saturated rings. The Balaban J connectivity index is 2.43. The van der Waals surface area contributed by atoms with Gasteiger partial charge in [0.1, 0.15) is 0 Å². The molecule has 0 spiro atoms. The molecule has 1 aromatic heterocycles. The Morgan fingerprint density at radius 2 is 2.19 bits per heavy atom. The highest BCUT2D eigenvalue weighted by atomic mass is 16.6. The number of aromatic nitrogens is 2. The normalized spacial score (nSPS) is 10.3. The van der Waals surface area contributed by atoms with Gasteiger partial charge in [-0.25, -0.2) is 14.6 Å². The van der Waals surface area contributed by atoms with Gasteiger partial charge in [0, 0.05) is 0 Å². The molecule has 1 aromatic carbocycles. The molecule has 16 heavy (non-hydrogen) atoms. The molecule has 6 heteroatoms. The number of nitrogens with zero attached hydrogens (tertiary/aromatic N) is 1. The number of H-pyrrole nitrogens is 1. The molecule has 2 rings (SSSR count). The van der Waals surface area contributed by atoms with Crippen LogP contribution in [0.25, 0.3) is 11.0 Å². The number of fused-ring (bicyclic) bond motifs is 1. The summed E-state index contributed by atoms with van der Waals surface area (Å²) in [5, 5.41) is 0. The van der Waals surface area contributed by atoms with E-state index in [0.717, 1.165) is 5.56 Å². The van der Waals surface area contributed by atoms with Gasteiger partial charge in [-0.3, -0.25) is 0 Å². The van der Waals surface area contributed by atoms with E-state index < -0.39 is 12.1 Å². The second kappa shape index (κ2) is 3.65. The van der Waals surface area contributed by atoms with Gasteiger partial charge in [0.15, 0.2) is 0 Å². The van der Waals surface area contributed by atoms with Crippen LogP contribution in [0, 0.1) is 6.92 Å². The monoisotopic (exact) mass is 219 g/mol. The maximum Gasteiger partial charge on any atom is 0.412 e. The van der Waals surface area contributed by atoms with Crippen molar-refractivity contribution in [3.63, 3.8) is 0 Å². The molecule has 6 nitrogen and oxygen atoms in total. The molecular weight excluding hydrogens is 210 g/mol. The number of hydrogen-bond donors (Lipinski definition) is 2. The number of para-hydroxylation sites is 1. The predicted octanol–water partition coefficient (Wildman–Crippen LogP) is 1.11. The topological polar surface area (TPSA) is 98.1 Å². The van der Waals surface area contributed by atoms with Crippen LogP contribution >= 0.6 is 0 Å². The Morgan fingerprint density at radius 3 is 2.81 bits per heavy atom. The summed E-state index contributed by atoms with van der Waals surface area (Å²) in [6.45, 7) is 1.87. The number of aryl methyl sites for hydroxylation is 1. The van der Waals surface area contributed by atoms with Crippen molar-refractivity contribution in [2.45, 2.75) is 6.92 Å². The van der Waals surface area contributed by atoms with Gasteiger partial charge in [-0.2, -0.15) is 0 Å². The summed E-state index contributed by atoms with van der Waals surface area (Å²) in [7, 11) is 0. The van der Waals surface area contributed by atoms with Crippen LogP contribution in [0.4, 0.5) is 4.79 Å². The van der Waals surface area contributed by atoms with E-state index >= 15 is 0 Å². The van der Waals surface area contributed by atoms with Crippen LogP contribution in [-0.4, -0.2) is 22.0 Å². The number of nitrogens with two attached hydrogens (primary N) is 1. The van der Waals surface area contributed by atoms with Gasteiger partial charge in [0.05, 0.1) is 11.0 Å². The first kappa shape index (κ1) is 10.2. The zero-order valence-corrected chi connectivity index (χ0v) is 8.48. The second-order valence-electron chi connectivity index (χ2n) is 3.27. The summed E-state index contributed by atoms with van der Waals surface area (Å²) >= 11 is 0. The molecule has 0 aliphatic carbocycles. The zero-order valence-electron chi connectivity index (χ0n) is 8.48. The lowest BCUT2D eigenvalue weighted by Crippen LogP contribution is -2.19. The number of benzene rings is 1. The number of hydrogen-bond acceptors (Lipinski definition) is 4. The summed E-state index contributed by atoms with van der Waals surface area (Å²) in [6, 6.07) is 5.47. The zero-order chi connectivity index (χ0) is 11.7. The number of carbonyl (C=O) groups excluding carboxylic acids is 2. The Morgan fingerprint density at radius 1 is 1.44 bits per heavy atom. The number of aromatic amines is 1. The second-order valence-corrected chi connectivity index (χ2v) is 3.27. The average molecular weight is 219 g/mol. The number of primary amides is 1. The molecule has 0 saturated carbocycles. The molecule has 0 unspecified atom stereocenters. The van der Waals surface area contributed by atoms with Gasteiger partial charge < -0.3 is 15.5 Å². The molecule has 1 amide bonds. The SMILES string of the molecule is Cc1cccc2[nH]c(C(=O)OC(N)=O)nc12. The van der Waals surface area contributed by atoms with E-state index in [0.29, 0.717) is 11.0 Å². The van der Waals surface area contributed by atoms with Gasteiger partial charge >= 0.3 is 12.1 Å². The van der Waals surface area contributed by atoms with Crippen LogP contribution in [0.3, 0.4) is 0 Å². The quantitative estimate of drug-likeness (QED) is 0.554. The van der Waals surface area contributed by atoms with Crippen LogP contribution in [0.15, 0.2) is 18.2 Å². The minimum absolute atomic E-state index is 0.0388. The van der Waals surface area contributed by atoms with Crippen LogP contribution in [-0.2, 0) is 4.74 Å². The fourth-order valence-corrected chi connectivity index (χ4v) is 1.41. The van der Waals surface area contributed by atoms with Crippen molar-refractivity contribution in [2.24, 2.45) is 5.73 Å². The maximum absolute atomic E-state index is 11.3. The van der Waals surface area contributed by atoms with E-state index in [1.54, 1.807) is 6.07 Å². The van der Waals surface area contributed by atoms with Crippen molar-refractivity contribution >= 4 is 23.1 Å². The lowest BCUT2D eigenvalue weighted by Gasteiger charge is -1.93. The van der Waals surface area contributed by atoms with Gasteiger partial charge in [-0.15, -0.1) is 0 Å². The molecule has 0 aliphatic heterocycles. The third kappa shape index (κ3) is 1.72. The number of esters is 1. The molecule has 1 heterocycles. The number of imidazole rings is 1. The molecule has 0 saturated heterocycles. The van der Waals surface area contributed by atoms with E-state index in [-0.39, 0.29) is 5.82 Å². The van der Waals surface area contributed by atoms with E-state index in [1.165, 1.54) is 0 Å². The number of amides is 1. The largest absolute Gasteiger partial charge is 0.412 e. The molecule has 0 atom stereocenters. The van der Waals surface area contributed by atoms with Crippen molar-refractivity contribution in [1.82, 2.24) is 9.97 Å². The molecule has 3 N–H and O–H groups in total. The van der Waals surface area contributed by atoms with Gasteiger partial charge in [0.25, 0.3) is 0 Å². The smallest absolute Gasteiger partial charge is 0.370 e. The van der Waals surface area contributed by atoms with Crippen LogP contribution in [0.2, 0.25) is 0 Å². The first-order chi connectivity index (χ1) is 7.58. The molecule has 0 bridgehead atoms. The highest BCUT2D eigenvalue weighted by molar-refractivity contribution is 5.96. The minimum Gasteiger partial charge on any atom is -0.370 e. The van der Waals surface area contributed by atoms with E-state index in [2.05, 4.69) is 14.7 Å². The fraction of sp³-hybridized carbons (Fsp3) is 0.100. The summed E-state index contributed by atoms with van der Waals surface area (Å²) in [6.07, 6.45) is -1.15. The first-order valence-electron chi connectivity index (χ1n) is 4.55. The third-order valence-electron chi connectivity index (χ3n) is 2.10. The Labute approximate surface area is 90.4 Å². The van der Waals surface area contributed by atoms with Crippen LogP contribution in [0.1, 0.15) is 16.2 Å². The van der Waals surface area contributed by atoms with Crippen LogP contribution < -0.4 is 5.73 Å². The molecule has 2 aromatic rings. The average Bonchev–Trinajstić information content (AvgIpc) is 2.61. The lowest BCUT2D eigenvalue weighted by molar-refractivity contribution is 0.0627. The summed E-state index contributed by atoms with van der Waals surface area (Å²) in [5.41, 5.74) is 7.02. The van der Waals surface area contributed by atoms with Crippen molar-refractivity contribution in [3.05, 3.63) is 29.6 Å². The van der Waals surface area contributed by atoms with Crippen molar-refractivity contribution in [2.75, 3.05) is 0 Å². The highest BCUT2D eigenvalue weighted by Gasteiger charge is 2.15. The van der Waals surface area contributed by atoms with Gasteiger partial charge in [-0.05, 0) is 18.6 Å². The molecule has 0 radical (unpaired) electrons. The van der Waals surface area contributed by atoms with E-state index in [1.807, 2.05) is 19.1 Å². The first-order valence-corrected chi connectivity index (χ1v) is 4.55. The standard InChI is InChI=1S/C10H9N3O3/c1-5-3-2-4-6-7(5)13-8(12-6)9(14)16-10(11)15/h2-4H,1H3,(H2,11,15)(H,12,13). The number of carbonyl (C=O) groups is 2. The van der Waals surface area contributed by atoms with Gasteiger partial charge in [0.2, 0.25) is 5.82 Å². The summed E-state index contributed by atoms with van der Waals surface area (Å²) in [5.74, 6) is -0.925. The fourth-order valence-electron chi connectivity index (χ4n) is 1.41. The predicted molar refractivity (Wildman–Crippen MR) is 55.8 cm³/mol.